The van der Waals surface area contributed by atoms with Crippen LogP contribution in [0.2, 0.25) is 0 Å². The Bertz CT molecular complexity index is 1080. The van der Waals surface area contributed by atoms with E-state index in [1.165, 1.54) is 4.68 Å². The highest BCUT2D eigenvalue weighted by molar-refractivity contribution is 6.33. The van der Waals surface area contributed by atoms with Crippen molar-refractivity contribution in [2.75, 3.05) is 0 Å². The molecule has 4 nitrogen and oxygen atoms in total. The summed E-state index contributed by atoms with van der Waals surface area (Å²) in [4.78, 5) is 25.2. The summed E-state index contributed by atoms with van der Waals surface area (Å²) in [5, 5.41) is 3.09. The Morgan fingerprint density at radius 1 is 0.920 bits per heavy atom. The topological polar surface area (TPSA) is 54.9 Å². The third-order valence-corrected chi connectivity index (χ3v) is 4.35. The summed E-state index contributed by atoms with van der Waals surface area (Å²) in [7, 11) is 0. The van der Waals surface area contributed by atoms with Gasteiger partial charge in [0.2, 0.25) is 0 Å². The van der Waals surface area contributed by atoms with Crippen LogP contribution in [-0.4, -0.2) is 15.6 Å². The first-order valence-electron chi connectivity index (χ1n) is 8.06. The van der Waals surface area contributed by atoms with E-state index < -0.39 is 0 Å². The fourth-order valence-electron chi connectivity index (χ4n) is 3.06. The third kappa shape index (κ3) is 2.58. The molecule has 4 heteroatoms. The predicted molar refractivity (Wildman–Crippen MR) is 99.5 cm³/mol. The van der Waals surface area contributed by atoms with Crippen molar-refractivity contribution in [1.29, 1.82) is 0 Å². The minimum absolute atomic E-state index is 0.0926. The average molecular weight is 328 g/mol. The van der Waals surface area contributed by atoms with Crippen molar-refractivity contribution in [2.24, 2.45) is 0 Å². The van der Waals surface area contributed by atoms with Gasteiger partial charge in [-0.3, -0.25) is 14.7 Å². The maximum Gasteiger partial charge on any atom is 0.278 e. The summed E-state index contributed by atoms with van der Waals surface area (Å²) in [5.74, 6) is -0.0926. The highest BCUT2D eigenvalue weighted by Crippen LogP contribution is 2.28. The lowest BCUT2D eigenvalue weighted by Gasteiger charge is -2.12. The van der Waals surface area contributed by atoms with Crippen LogP contribution in [-0.2, 0) is 4.79 Å². The van der Waals surface area contributed by atoms with Gasteiger partial charge in [0, 0.05) is 11.3 Å². The number of hydrogen-bond acceptors (Lipinski definition) is 2. The molecule has 0 spiro atoms. The number of aryl methyl sites for hydroxylation is 1. The zero-order chi connectivity index (χ0) is 17.4. The molecule has 1 aliphatic rings. The number of carbonyl (C=O) groups is 1. The van der Waals surface area contributed by atoms with E-state index in [1.54, 1.807) is 18.2 Å². The van der Waals surface area contributed by atoms with Crippen LogP contribution in [0.25, 0.3) is 23.4 Å². The second-order valence-corrected chi connectivity index (χ2v) is 5.97. The van der Waals surface area contributed by atoms with Crippen molar-refractivity contribution < 1.29 is 4.79 Å². The second-order valence-electron chi connectivity index (χ2n) is 5.97. The van der Waals surface area contributed by atoms with Gasteiger partial charge in [0.05, 0.1) is 11.3 Å². The third-order valence-electron chi connectivity index (χ3n) is 4.35. The van der Waals surface area contributed by atoms with E-state index in [2.05, 4.69) is 5.10 Å². The van der Waals surface area contributed by atoms with Crippen LogP contribution in [0.1, 0.15) is 22.4 Å². The van der Waals surface area contributed by atoms with Crippen LogP contribution in [0, 0.1) is 6.92 Å². The van der Waals surface area contributed by atoms with E-state index in [9.17, 15) is 9.59 Å². The molecule has 0 unspecified atom stereocenters. The van der Waals surface area contributed by atoms with E-state index in [4.69, 9.17) is 0 Å². The normalized spacial score (nSPS) is 14.8. The highest BCUT2D eigenvalue weighted by Gasteiger charge is 2.19. The van der Waals surface area contributed by atoms with Crippen LogP contribution >= 0.6 is 0 Å². The van der Waals surface area contributed by atoms with Gasteiger partial charge in [0.25, 0.3) is 5.56 Å². The first-order chi connectivity index (χ1) is 12.1. The first kappa shape index (κ1) is 15.1. The van der Waals surface area contributed by atoms with Crippen LogP contribution in [0.3, 0.4) is 0 Å². The molecular weight excluding hydrogens is 312 g/mol. The van der Waals surface area contributed by atoms with Gasteiger partial charge in [-0.2, -0.15) is 0 Å². The number of ketones is 1. The first-order valence-corrected chi connectivity index (χ1v) is 8.06. The van der Waals surface area contributed by atoms with Crippen molar-refractivity contribution in [3.8, 4) is 5.69 Å². The van der Waals surface area contributed by atoms with Gasteiger partial charge in [0.15, 0.2) is 5.78 Å². The molecule has 0 radical (unpaired) electrons. The number of para-hydroxylation sites is 1. The summed E-state index contributed by atoms with van der Waals surface area (Å²) in [6, 6.07) is 17.1. The maximum absolute atomic E-state index is 12.8. The number of aromatic nitrogens is 2. The SMILES string of the molecule is Cc1[nH]n(-c2ccccc2)c(=O)c1/C=C1/C(=O)C=Cc2ccccc21. The minimum Gasteiger partial charge on any atom is -0.295 e. The second kappa shape index (κ2) is 5.91. The number of rotatable bonds is 2. The Morgan fingerprint density at radius 2 is 1.64 bits per heavy atom. The molecule has 3 aromatic rings. The fraction of sp³-hybridized carbons (Fsp3) is 0.0476. The Balaban J connectivity index is 1.88. The Morgan fingerprint density at radius 3 is 2.44 bits per heavy atom. The van der Waals surface area contributed by atoms with Gasteiger partial charge in [-0.1, -0.05) is 48.5 Å². The molecule has 0 atom stereocenters. The number of fused-ring (bicyclic) bond motifs is 1. The van der Waals surface area contributed by atoms with Crippen molar-refractivity contribution in [3.05, 3.63) is 93.4 Å². The van der Waals surface area contributed by atoms with Gasteiger partial charge < -0.3 is 0 Å². The molecule has 25 heavy (non-hydrogen) atoms. The molecule has 2 aromatic carbocycles. The predicted octanol–water partition coefficient (Wildman–Crippen LogP) is 3.61. The largest absolute Gasteiger partial charge is 0.295 e. The molecule has 0 bridgehead atoms. The van der Waals surface area contributed by atoms with Crippen molar-refractivity contribution in [3.63, 3.8) is 0 Å². The van der Waals surface area contributed by atoms with Crippen LogP contribution in [0.5, 0.6) is 0 Å². The van der Waals surface area contributed by atoms with Gasteiger partial charge in [0.1, 0.15) is 0 Å². The Hall–Kier alpha value is -3.40. The molecule has 0 aliphatic heterocycles. The van der Waals surface area contributed by atoms with E-state index in [0.717, 1.165) is 22.5 Å². The number of allylic oxidation sites excluding steroid dienone is 2. The quantitative estimate of drug-likeness (QED) is 0.731. The summed E-state index contributed by atoms with van der Waals surface area (Å²) >= 11 is 0. The van der Waals surface area contributed by atoms with Crippen molar-refractivity contribution in [1.82, 2.24) is 9.78 Å². The summed E-state index contributed by atoms with van der Waals surface area (Å²) in [6.07, 6.45) is 5.05. The van der Waals surface area contributed by atoms with Gasteiger partial charge >= 0.3 is 0 Å². The lowest BCUT2D eigenvalue weighted by molar-refractivity contribution is -0.109. The zero-order valence-electron chi connectivity index (χ0n) is 13.7. The Kier molecular flexibility index (Phi) is 3.58. The van der Waals surface area contributed by atoms with Crippen LogP contribution < -0.4 is 5.56 Å². The highest BCUT2D eigenvalue weighted by atomic mass is 16.1. The van der Waals surface area contributed by atoms with E-state index in [0.29, 0.717) is 11.1 Å². The van der Waals surface area contributed by atoms with Crippen molar-refractivity contribution >= 4 is 23.5 Å². The van der Waals surface area contributed by atoms with Gasteiger partial charge in [-0.15, -0.1) is 0 Å². The monoisotopic (exact) mass is 328 g/mol. The standard InChI is InChI=1S/C21H16N2O2/c1-14-18(21(25)23(22-14)16-8-3-2-4-9-16)13-19-17-10-6-5-7-15(17)11-12-20(19)24/h2-13,22H,1H3/b19-13+. The lowest BCUT2D eigenvalue weighted by atomic mass is 9.90. The van der Waals surface area contributed by atoms with Crippen molar-refractivity contribution in [2.45, 2.75) is 6.92 Å². The molecule has 0 saturated carbocycles. The van der Waals surface area contributed by atoms with E-state index in [-0.39, 0.29) is 11.3 Å². The number of nitrogens with one attached hydrogen (secondary N) is 1. The minimum atomic E-state index is -0.170. The van der Waals surface area contributed by atoms with E-state index in [1.807, 2.05) is 61.5 Å². The van der Waals surface area contributed by atoms with Crippen LogP contribution in [0.15, 0.2) is 65.5 Å². The fourth-order valence-corrected chi connectivity index (χ4v) is 3.06. The zero-order valence-corrected chi connectivity index (χ0v) is 13.7. The summed E-state index contributed by atoms with van der Waals surface area (Å²) in [5.41, 5.74) is 4.17. The molecule has 1 N–H and O–H groups in total. The molecular formula is C21H16N2O2. The number of aromatic amines is 1. The maximum atomic E-state index is 12.8. The molecule has 1 heterocycles. The molecule has 4 rings (SSSR count). The summed E-state index contributed by atoms with van der Waals surface area (Å²) < 4.78 is 1.50. The van der Waals surface area contributed by atoms with Gasteiger partial charge in [-0.25, -0.2) is 4.68 Å². The van der Waals surface area contributed by atoms with Crippen LogP contribution in [0.4, 0.5) is 0 Å². The number of nitrogens with zero attached hydrogens (tertiary/aromatic N) is 1. The smallest absolute Gasteiger partial charge is 0.278 e. The molecule has 1 aliphatic carbocycles. The number of hydrogen-bond donors (Lipinski definition) is 1. The number of H-pyrrole nitrogens is 1. The molecule has 0 saturated heterocycles. The average Bonchev–Trinajstić information content (AvgIpc) is 2.93. The van der Waals surface area contributed by atoms with Gasteiger partial charge in [-0.05, 0) is 42.3 Å². The molecule has 1 aromatic heterocycles. The Labute approximate surface area is 144 Å². The molecule has 122 valence electrons. The molecule has 0 amide bonds. The number of carbonyl (C=O) groups excluding carboxylic acids is 1. The summed E-state index contributed by atoms with van der Waals surface area (Å²) in [6.45, 7) is 1.84. The van der Waals surface area contributed by atoms with E-state index >= 15 is 0 Å². The lowest BCUT2D eigenvalue weighted by Crippen LogP contribution is -2.16. The number of benzene rings is 2. The molecule has 0 fully saturated rings.